The first-order valence-corrected chi connectivity index (χ1v) is 4.75. The SMILES string of the molecule is CONS(=O)c1ccc([N+](=O)[O-])cc1. The Bertz CT molecular complexity index is 351. The zero-order valence-corrected chi connectivity index (χ0v) is 8.11. The summed E-state index contributed by atoms with van der Waals surface area (Å²) in [6.07, 6.45) is 0. The van der Waals surface area contributed by atoms with Crippen LogP contribution >= 0.6 is 0 Å². The Morgan fingerprint density at radius 1 is 1.43 bits per heavy atom. The average molecular weight is 216 g/mol. The number of nitrogens with one attached hydrogen (secondary N) is 1. The van der Waals surface area contributed by atoms with Crippen LogP contribution in [0.1, 0.15) is 0 Å². The normalized spacial score (nSPS) is 12.4. The number of non-ortho nitro benzene ring substituents is 1. The van der Waals surface area contributed by atoms with Crippen molar-refractivity contribution in [3.63, 3.8) is 0 Å². The highest BCUT2D eigenvalue weighted by molar-refractivity contribution is 7.82. The predicted molar refractivity (Wildman–Crippen MR) is 49.6 cm³/mol. The molecule has 0 fully saturated rings. The van der Waals surface area contributed by atoms with Crippen molar-refractivity contribution in [2.75, 3.05) is 7.11 Å². The van der Waals surface area contributed by atoms with E-state index in [0.717, 1.165) is 0 Å². The molecule has 0 saturated carbocycles. The van der Waals surface area contributed by atoms with E-state index < -0.39 is 15.9 Å². The van der Waals surface area contributed by atoms with Gasteiger partial charge in [-0.2, -0.15) is 0 Å². The lowest BCUT2D eigenvalue weighted by atomic mass is 10.3. The molecule has 1 aromatic carbocycles. The first-order chi connectivity index (χ1) is 6.65. The van der Waals surface area contributed by atoms with Gasteiger partial charge in [0.25, 0.3) is 5.69 Å². The summed E-state index contributed by atoms with van der Waals surface area (Å²) in [4.78, 5) is 16.9. The van der Waals surface area contributed by atoms with E-state index in [4.69, 9.17) is 0 Å². The first-order valence-electron chi connectivity index (χ1n) is 3.60. The van der Waals surface area contributed by atoms with Crippen molar-refractivity contribution in [1.82, 2.24) is 4.89 Å². The van der Waals surface area contributed by atoms with E-state index >= 15 is 0 Å². The van der Waals surface area contributed by atoms with Gasteiger partial charge in [0.1, 0.15) is 11.0 Å². The van der Waals surface area contributed by atoms with E-state index in [-0.39, 0.29) is 5.69 Å². The summed E-state index contributed by atoms with van der Waals surface area (Å²) in [7, 11) is -0.163. The fourth-order valence-electron chi connectivity index (χ4n) is 0.815. The minimum Gasteiger partial charge on any atom is -0.292 e. The second-order valence-corrected chi connectivity index (χ2v) is 3.48. The summed E-state index contributed by atoms with van der Waals surface area (Å²) in [5, 5.41) is 10.3. The maximum atomic E-state index is 11.2. The van der Waals surface area contributed by atoms with Crippen LogP contribution in [0.4, 0.5) is 5.69 Å². The summed E-state index contributed by atoms with van der Waals surface area (Å²) < 4.78 is 11.2. The van der Waals surface area contributed by atoms with Gasteiger partial charge in [0.2, 0.25) is 0 Å². The Hall–Kier alpha value is -1.31. The van der Waals surface area contributed by atoms with Gasteiger partial charge in [-0.05, 0) is 12.1 Å². The molecular weight excluding hydrogens is 208 g/mol. The predicted octanol–water partition coefficient (Wildman–Crippen LogP) is 0.768. The molecule has 0 aliphatic carbocycles. The van der Waals surface area contributed by atoms with Crippen molar-refractivity contribution in [3.8, 4) is 0 Å². The molecule has 0 aliphatic heterocycles. The lowest BCUT2D eigenvalue weighted by Gasteiger charge is -2.00. The Morgan fingerprint density at radius 2 is 2.00 bits per heavy atom. The molecule has 14 heavy (non-hydrogen) atoms. The number of hydrogen-bond acceptors (Lipinski definition) is 4. The van der Waals surface area contributed by atoms with Crippen LogP contribution in [0.5, 0.6) is 0 Å². The highest BCUT2D eigenvalue weighted by Gasteiger charge is 2.07. The summed E-state index contributed by atoms with van der Waals surface area (Å²) in [5.41, 5.74) is -0.0387. The molecule has 0 radical (unpaired) electrons. The molecule has 0 saturated heterocycles. The molecule has 0 amide bonds. The largest absolute Gasteiger partial charge is 0.292 e. The summed E-state index contributed by atoms with van der Waals surface area (Å²) in [6.45, 7) is 0. The molecule has 1 atom stereocenters. The van der Waals surface area contributed by atoms with Crippen molar-refractivity contribution in [2.45, 2.75) is 4.90 Å². The van der Waals surface area contributed by atoms with E-state index in [9.17, 15) is 14.3 Å². The molecule has 1 N–H and O–H groups in total. The number of nitro groups is 1. The van der Waals surface area contributed by atoms with Crippen LogP contribution < -0.4 is 4.89 Å². The summed E-state index contributed by atoms with van der Waals surface area (Å²) in [5.74, 6) is 0. The third-order valence-electron chi connectivity index (χ3n) is 1.42. The van der Waals surface area contributed by atoms with E-state index in [2.05, 4.69) is 9.72 Å². The standard InChI is InChI=1S/C7H8N2O4S/c1-13-8-14(12)7-4-2-6(3-5-7)9(10)11/h2-5,8H,1H3. The molecule has 76 valence electrons. The van der Waals surface area contributed by atoms with Crippen molar-refractivity contribution >= 4 is 16.7 Å². The second kappa shape index (κ2) is 4.80. The molecule has 0 bridgehead atoms. The van der Waals surface area contributed by atoms with Crippen molar-refractivity contribution < 1.29 is 14.0 Å². The third-order valence-corrected chi connectivity index (χ3v) is 2.44. The molecule has 6 nitrogen and oxygen atoms in total. The van der Waals surface area contributed by atoms with Gasteiger partial charge in [-0.1, -0.05) is 0 Å². The van der Waals surface area contributed by atoms with Crippen LogP contribution in [0.3, 0.4) is 0 Å². The Morgan fingerprint density at radius 3 is 2.43 bits per heavy atom. The smallest absolute Gasteiger partial charge is 0.269 e. The summed E-state index contributed by atoms with van der Waals surface area (Å²) in [6, 6.07) is 5.37. The van der Waals surface area contributed by atoms with Crippen molar-refractivity contribution in [1.29, 1.82) is 0 Å². The molecule has 7 heteroatoms. The van der Waals surface area contributed by atoms with Crippen LogP contribution in [-0.4, -0.2) is 16.2 Å². The van der Waals surface area contributed by atoms with Crippen molar-refractivity contribution in [2.24, 2.45) is 0 Å². The van der Waals surface area contributed by atoms with Gasteiger partial charge in [0.05, 0.1) is 16.9 Å². The third kappa shape index (κ3) is 2.59. The molecule has 1 rings (SSSR count). The number of benzene rings is 1. The van der Waals surface area contributed by atoms with Crippen molar-refractivity contribution in [3.05, 3.63) is 34.4 Å². The fourth-order valence-corrected chi connectivity index (χ4v) is 1.45. The van der Waals surface area contributed by atoms with E-state index in [1.807, 2.05) is 0 Å². The van der Waals surface area contributed by atoms with Crippen LogP contribution in [0.25, 0.3) is 0 Å². The van der Waals surface area contributed by atoms with Gasteiger partial charge in [-0.3, -0.25) is 15.0 Å². The maximum Gasteiger partial charge on any atom is 0.269 e. The minimum absolute atomic E-state index is 0.0387. The fraction of sp³-hybridized carbons (Fsp3) is 0.143. The number of rotatable bonds is 4. The van der Waals surface area contributed by atoms with E-state index in [1.165, 1.54) is 31.4 Å². The number of nitro benzene ring substituents is 1. The molecule has 0 heterocycles. The second-order valence-electron chi connectivity index (χ2n) is 2.31. The van der Waals surface area contributed by atoms with Crippen LogP contribution in [0.2, 0.25) is 0 Å². The Balaban J connectivity index is 2.83. The highest BCUT2D eigenvalue weighted by atomic mass is 32.2. The van der Waals surface area contributed by atoms with Gasteiger partial charge in [-0.15, -0.1) is 4.89 Å². The molecule has 0 aromatic heterocycles. The van der Waals surface area contributed by atoms with Gasteiger partial charge in [-0.25, -0.2) is 4.21 Å². The molecular formula is C7H8N2O4S. The molecule has 0 aliphatic rings. The van der Waals surface area contributed by atoms with Gasteiger partial charge < -0.3 is 0 Å². The van der Waals surface area contributed by atoms with Crippen LogP contribution in [0.15, 0.2) is 29.2 Å². The summed E-state index contributed by atoms with van der Waals surface area (Å²) >= 11 is 0. The number of hydrogen-bond donors (Lipinski definition) is 1. The quantitative estimate of drug-likeness (QED) is 0.595. The number of nitrogens with zero attached hydrogens (tertiary/aromatic N) is 1. The zero-order chi connectivity index (χ0) is 10.6. The van der Waals surface area contributed by atoms with Crippen LogP contribution in [-0.2, 0) is 15.8 Å². The lowest BCUT2D eigenvalue weighted by molar-refractivity contribution is -0.384. The zero-order valence-electron chi connectivity index (χ0n) is 7.30. The van der Waals surface area contributed by atoms with E-state index in [0.29, 0.717) is 4.90 Å². The molecule has 1 unspecified atom stereocenters. The van der Waals surface area contributed by atoms with Gasteiger partial charge >= 0.3 is 0 Å². The molecule has 0 spiro atoms. The monoisotopic (exact) mass is 216 g/mol. The Labute approximate surface area is 82.6 Å². The van der Waals surface area contributed by atoms with Crippen LogP contribution in [0, 0.1) is 10.1 Å². The first kappa shape index (κ1) is 10.8. The molecule has 1 aromatic rings. The average Bonchev–Trinajstić information content (AvgIpc) is 2.18. The Kier molecular flexibility index (Phi) is 3.69. The topological polar surface area (TPSA) is 81.5 Å². The van der Waals surface area contributed by atoms with Gasteiger partial charge in [0, 0.05) is 12.1 Å². The van der Waals surface area contributed by atoms with E-state index in [1.54, 1.807) is 0 Å². The lowest BCUT2D eigenvalue weighted by Crippen LogP contribution is -2.15. The van der Waals surface area contributed by atoms with Gasteiger partial charge in [0.15, 0.2) is 0 Å². The highest BCUT2D eigenvalue weighted by Crippen LogP contribution is 2.13. The maximum absolute atomic E-state index is 11.2. The minimum atomic E-state index is -1.50.